The Morgan fingerprint density at radius 1 is 1.67 bits per heavy atom. The van der Waals surface area contributed by atoms with Gasteiger partial charge in [-0.25, -0.2) is 13.8 Å². The number of nitrogens with zero attached hydrogens (tertiary/aromatic N) is 2. The summed E-state index contributed by atoms with van der Waals surface area (Å²) < 4.78 is 24.8. The van der Waals surface area contributed by atoms with Gasteiger partial charge >= 0.3 is 0 Å². The van der Waals surface area contributed by atoms with Gasteiger partial charge in [-0.15, -0.1) is 0 Å². The minimum Gasteiger partial charge on any atom is -0.366 e. The van der Waals surface area contributed by atoms with Gasteiger partial charge < -0.3 is 5.73 Å². The summed E-state index contributed by atoms with van der Waals surface area (Å²) in [5.74, 6) is -1.04. The number of pyridine rings is 1. The molecule has 1 rings (SSSR count). The normalized spacial score (nSPS) is 10.1. The smallest absolute Gasteiger partial charge is 0.281 e. The van der Waals surface area contributed by atoms with Crippen molar-refractivity contribution >= 4 is 21.8 Å². The Morgan fingerprint density at radius 3 is 2.67 bits per heavy atom. The van der Waals surface area contributed by atoms with E-state index in [1.807, 2.05) is 0 Å². The van der Waals surface area contributed by atoms with Crippen LogP contribution < -0.4 is 5.73 Å². The molecule has 0 saturated heterocycles. The van der Waals surface area contributed by atoms with Crippen molar-refractivity contribution in [1.82, 2.24) is 4.98 Å². The number of aromatic nitrogens is 1. The Kier molecular flexibility index (Phi) is 3.31. The maximum Gasteiger partial charge on any atom is 0.281 e. The first kappa shape index (κ1) is 11.5. The van der Waals surface area contributed by atoms with Gasteiger partial charge in [-0.1, -0.05) is 0 Å². The monoisotopic (exact) mass is 275 g/mol. The second kappa shape index (κ2) is 4.31. The van der Waals surface area contributed by atoms with Crippen LogP contribution >= 0.6 is 15.9 Å². The van der Waals surface area contributed by atoms with Gasteiger partial charge in [-0.2, -0.15) is 5.26 Å². The predicted molar refractivity (Wildman–Crippen MR) is 50.1 cm³/mol. The molecule has 15 heavy (non-hydrogen) atoms. The molecule has 4 nitrogen and oxygen atoms in total. The summed E-state index contributed by atoms with van der Waals surface area (Å²) >= 11 is 2.84. The van der Waals surface area contributed by atoms with Crippen molar-refractivity contribution in [2.45, 2.75) is 6.43 Å². The Bertz CT molecular complexity index is 456. The van der Waals surface area contributed by atoms with E-state index in [1.54, 1.807) is 6.07 Å². The lowest BCUT2D eigenvalue weighted by Crippen LogP contribution is -2.16. The molecule has 7 heteroatoms. The third-order valence-corrected chi connectivity index (χ3v) is 2.20. The summed E-state index contributed by atoms with van der Waals surface area (Å²) in [6.45, 7) is 0. The zero-order chi connectivity index (χ0) is 11.6. The lowest BCUT2D eigenvalue weighted by Gasteiger charge is -2.06. The number of carbonyl (C=O) groups is 1. The molecular formula is C8H4BrF2N3O. The maximum atomic E-state index is 12.4. The van der Waals surface area contributed by atoms with E-state index in [2.05, 4.69) is 20.9 Å². The van der Waals surface area contributed by atoms with Crippen LogP contribution in [0.4, 0.5) is 8.78 Å². The van der Waals surface area contributed by atoms with Crippen LogP contribution in [-0.4, -0.2) is 10.9 Å². The fraction of sp³-hybridized carbons (Fsp3) is 0.125. The Hall–Kier alpha value is -1.55. The predicted octanol–water partition coefficient (Wildman–Crippen LogP) is 1.75. The van der Waals surface area contributed by atoms with Gasteiger partial charge in [0.05, 0.1) is 11.1 Å². The highest BCUT2D eigenvalue weighted by molar-refractivity contribution is 9.10. The van der Waals surface area contributed by atoms with Crippen LogP contribution in [0.1, 0.15) is 28.0 Å². The zero-order valence-corrected chi connectivity index (χ0v) is 8.75. The number of carbonyl (C=O) groups excluding carboxylic acids is 1. The lowest BCUT2D eigenvalue weighted by molar-refractivity contribution is 0.0982. The molecule has 1 heterocycles. The SMILES string of the molecule is N#Cc1cc(C(N)=O)c(C(F)F)nc1Br. The molecule has 0 spiro atoms. The number of halogens is 3. The number of amides is 1. The van der Waals surface area contributed by atoms with Crippen molar-refractivity contribution in [3.63, 3.8) is 0 Å². The summed E-state index contributed by atoms with van der Waals surface area (Å²) in [5.41, 5.74) is 3.70. The van der Waals surface area contributed by atoms with Gasteiger partial charge in [0, 0.05) is 0 Å². The van der Waals surface area contributed by atoms with E-state index in [4.69, 9.17) is 11.0 Å². The second-order valence-corrected chi connectivity index (χ2v) is 3.29. The average Bonchev–Trinajstić information content (AvgIpc) is 2.16. The molecule has 2 N–H and O–H groups in total. The number of alkyl halides is 2. The van der Waals surface area contributed by atoms with E-state index in [1.165, 1.54) is 0 Å². The van der Waals surface area contributed by atoms with Crippen LogP contribution in [0.2, 0.25) is 0 Å². The Balaban J connectivity index is 3.47. The molecular weight excluding hydrogens is 272 g/mol. The topological polar surface area (TPSA) is 79.8 Å². The molecule has 1 aromatic heterocycles. The quantitative estimate of drug-likeness (QED) is 0.835. The van der Waals surface area contributed by atoms with Crippen LogP contribution in [0.5, 0.6) is 0 Å². The highest BCUT2D eigenvalue weighted by Gasteiger charge is 2.20. The van der Waals surface area contributed by atoms with E-state index in [9.17, 15) is 13.6 Å². The molecule has 1 amide bonds. The lowest BCUT2D eigenvalue weighted by atomic mass is 10.1. The summed E-state index contributed by atoms with van der Waals surface area (Å²) in [5, 5.41) is 8.59. The van der Waals surface area contributed by atoms with Crippen LogP contribution in [0, 0.1) is 11.3 Å². The molecule has 0 radical (unpaired) electrons. The first-order valence-corrected chi connectivity index (χ1v) is 4.45. The van der Waals surface area contributed by atoms with Gasteiger partial charge in [0.15, 0.2) is 0 Å². The van der Waals surface area contributed by atoms with E-state index < -0.39 is 23.6 Å². The summed E-state index contributed by atoms with van der Waals surface area (Å²) in [6, 6.07) is 2.68. The number of primary amides is 1. The van der Waals surface area contributed by atoms with Crippen molar-refractivity contribution in [1.29, 1.82) is 5.26 Å². The highest BCUT2D eigenvalue weighted by Crippen LogP contribution is 2.25. The minimum atomic E-state index is -2.92. The van der Waals surface area contributed by atoms with Crippen molar-refractivity contribution in [3.05, 3.63) is 27.5 Å². The Morgan fingerprint density at radius 2 is 2.27 bits per heavy atom. The first-order valence-electron chi connectivity index (χ1n) is 3.66. The summed E-state index contributed by atoms with van der Waals surface area (Å²) in [4.78, 5) is 14.2. The molecule has 0 unspecified atom stereocenters. The molecule has 0 aliphatic heterocycles. The molecule has 0 aliphatic rings. The van der Waals surface area contributed by atoms with Crippen LogP contribution in [-0.2, 0) is 0 Å². The third-order valence-electron chi connectivity index (χ3n) is 1.60. The van der Waals surface area contributed by atoms with E-state index >= 15 is 0 Å². The molecule has 0 atom stereocenters. The van der Waals surface area contributed by atoms with E-state index in [-0.39, 0.29) is 10.2 Å². The van der Waals surface area contributed by atoms with Gasteiger partial charge in [0.2, 0.25) is 0 Å². The molecule has 0 aliphatic carbocycles. The van der Waals surface area contributed by atoms with Crippen LogP contribution in [0.25, 0.3) is 0 Å². The second-order valence-electron chi connectivity index (χ2n) is 2.54. The summed E-state index contributed by atoms with van der Waals surface area (Å²) in [7, 11) is 0. The minimum absolute atomic E-state index is 0.0202. The number of hydrogen-bond donors (Lipinski definition) is 1. The van der Waals surface area contributed by atoms with E-state index in [0.29, 0.717) is 0 Å². The van der Waals surface area contributed by atoms with Crippen molar-refractivity contribution in [2.24, 2.45) is 5.73 Å². The molecule has 0 fully saturated rings. The van der Waals surface area contributed by atoms with Crippen LogP contribution in [0.3, 0.4) is 0 Å². The largest absolute Gasteiger partial charge is 0.366 e. The zero-order valence-electron chi connectivity index (χ0n) is 7.17. The number of rotatable bonds is 2. The van der Waals surface area contributed by atoms with Crippen molar-refractivity contribution in [3.8, 4) is 6.07 Å². The van der Waals surface area contributed by atoms with Crippen molar-refractivity contribution in [2.75, 3.05) is 0 Å². The standard InChI is InChI=1S/C8H4BrF2N3O/c9-6-3(2-12)1-4(8(13)15)5(14-6)7(10)11/h1,7H,(H2,13,15). The third kappa shape index (κ3) is 2.27. The maximum absolute atomic E-state index is 12.4. The fourth-order valence-corrected chi connectivity index (χ4v) is 1.34. The van der Waals surface area contributed by atoms with Crippen LogP contribution in [0.15, 0.2) is 10.7 Å². The van der Waals surface area contributed by atoms with Gasteiger partial charge in [-0.05, 0) is 22.0 Å². The number of hydrogen-bond acceptors (Lipinski definition) is 3. The van der Waals surface area contributed by atoms with Gasteiger partial charge in [0.25, 0.3) is 12.3 Å². The van der Waals surface area contributed by atoms with Gasteiger partial charge in [-0.3, -0.25) is 4.79 Å². The molecule has 0 aromatic carbocycles. The molecule has 0 saturated carbocycles. The fourth-order valence-electron chi connectivity index (χ4n) is 0.946. The average molecular weight is 276 g/mol. The molecule has 0 bridgehead atoms. The van der Waals surface area contributed by atoms with Crippen molar-refractivity contribution < 1.29 is 13.6 Å². The summed E-state index contributed by atoms with van der Waals surface area (Å²) in [6.07, 6.45) is -2.92. The number of nitrogens with two attached hydrogens (primary N) is 1. The van der Waals surface area contributed by atoms with E-state index in [0.717, 1.165) is 6.07 Å². The Labute approximate surface area is 91.8 Å². The molecule has 1 aromatic rings. The van der Waals surface area contributed by atoms with Gasteiger partial charge in [0.1, 0.15) is 16.4 Å². The number of nitriles is 1. The highest BCUT2D eigenvalue weighted by atomic mass is 79.9. The molecule has 78 valence electrons. The first-order chi connectivity index (χ1) is 6.97.